The first-order valence-electron chi connectivity index (χ1n) is 9.22. The van der Waals surface area contributed by atoms with Crippen LogP contribution in [0.4, 0.5) is 5.69 Å². The van der Waals surface area contributed by atoms with E-state index in [9.17, 15) is 13.2 Å². The molecule has 0 radical (unpaired) electrons. The lowest BCUT2D eigenvalue weighted by atomic mass is 10.1. The lowest BCUT2D eigenvalue weighted by Gasteiger charge is -2.26. The molecule has 1 N–H and O–H groups in total. The molecule has 0 aliphatic carbocycles. The number of anilines is 1. The number of rotatable bonds is 6. The molecule has 2 aromatic carbocycles. The maximum absolute atomic E-state index is 13.0. The second kappa shape index (κ2) is 9.21. The lowest BCUT2D eigenvalue weighted by molar-refractivity contribution is -0.111. The maximum atomic E-state index is 13.0. The van der Waals surface area contributed by atoms with Crippen molar-refractivity contribution in [3.05, 3.63) is 59.7 Å². The highest BCUT2D eigenvalue weighted by atomic mass is 32.2. The van der Waals surface area contributed by atoms with Gasteiger partial charge < -0.3 is 14.8 Å². The molecule has 0 aromatic heterocycles. The molecule has 1 amide bonds. The van der Waals surface area contributed by atoms with Gasteiger partial charge in [-0.2, -0.15) is 4.31 Å². The summed E-state index contributed by atoms with van der Waals surface area (Å²) in [6, 6.07) is 12.3. The van der Waals surface area contributed by atoms with Crippen LogP contribution in [0.25, 0.3) is 6.08 Å². The summed E-state index contributed by atoms with van der Waals surface area (Å²) in [6.45, 7) is 3.22. The highest BCUT2D eigenvalue weighted by Crippen LogP contribution is 2.30. The van der Waals surface area contributed by atoms with Crippen molar-refractivity contribution < 1.29 is 22.7 Å². The van der Waals surface area contributed by atoms with Gasteiger partial charge in [0.15, 0.2) is 0 Å². The molecule has 1 fully saturated rings. The standard InChI is InChI=1S/C21H24N2O5S/c1-16-5-3-4-6-17(16)7-10-21(24)22-18-8-9-19(27-2)20(15-18)29(25,26)23-11-13-28-14-12-23/h3-10,15H,11-14H2,1-2H3,(H,22,24)/b10-7+. The van der Waals surface area contributed by atoms with Crippen LogP contribution < -0.4 is 10.1 Å². The first-order chi connectivity index (χ1) is 13.9. The molecule has 8 heteroatoms. The van der Waals surface area contributed by atoms with Crippen molar-refractivity contribution in [1.82, 2.24) is 4.31 Å². The van der Waals surface area contributed by atoms with Crippen molar-refractivity contribution in [3.8, 4) is 5.75 Å². The summed E-state index contributed by atoms with van der Waals surface area (Å²) < 4.78 is 37.9. The van der Waals surface area contributed by atoms with Gasteiger partial charge in [-0.25, -0.2) is 8.42 Å². The number of methoxy groups -OCH3 is 1. The Kier molecular flexibility index (Phi) is 6.68. The number of nitrogens with one attached hydrogen (secondary N) is 1. The Morgan fingerprint density at radius 3 is 2.59 bits per heavy atom. The molecule has 0 spiro atoms. The first-order valence-corrected chi connectivity index (χ1v) is 10.7. The second-order valence-corrected chi connectivity index (χ2v) is 8.47. The molecule has 1 aliphatic rings. The molecule has 29 heavy (non-hydrogen) atoms. The molecule has 3 rings (SSSR count). The fourth-order valence-corrected chi connectivity index (χ4v) is 4.59. The molecule has 0 bridgehead atoms. The fourth-order valence-electron chi connectivity index (χ4n) is 3.01. The maximum Gasteiger partial charge on any atom is 0.248 e. The van der Waals surface area contributed by atoms with Crippen molar-refractivity contribution in [2.45, 2.75) is 11.8 Å². The third-order valence-electron chi connectivity index (χ3n) is 4.62. The number of nitrogens with zero attached hydrogens (tertiary/aromatic N) is 1. The number of benzene rings is 2. The molecule has 154 valence electrons. The minimum atomic E-state index is -3.76. The molecular weight excluding hydrogens is 392 g/mol. The van der Waals surface area contributed by atoms with E-state index in [1.165, 1.54) is 29.6 Å². The molecular formula is C21H24N2O5S. The van der Waals surface area contributed by atoms with Gasteiger partial charge in [-0.15, -0.1) is 0 Å². The Labute approximate surface area is 171 Å². The Morgan fingerprint density at radius 1 is 1.17 bits per heavy atom. The van der Waals surface area contributed by atoms with Crippen LogP contribution in [0.2, 0.25) is 0 Å². The zero-order valence-corrected chi connectivity index (χ0v) is 17.2. The van der Waals surface area contributed by atoms with Gasteiger partial charge in [0.25, 0.3) is 0 Å². The number of morpholine rings is 1. The van der Waals surface area contributed by atoms with Crippen molar-refractivity contribution >= 4 is 27.7 Å². The number of hydrogen-bond acceptors (Lipinski definition) is 5. The zero-order valence-electron chi connectivity index (χ0n) is 16.4. The average Bonchev–Trinajstić information content (AvgIpc) is 2.74. The Bertz CT molecular complexity index is 1010. The lowest BCUT2D eigenvalue weighted by Crippen LogP contribution is -2.40. The third kappa shape index (κ3) is 5.03. The van der Waals surface area contributed by atoms with E-state index < -0.39 is 10.0 Å². The van der Waals surface area contributed by atoms with Crippen LogP contribution in [0, 0.1) is 6.92 Å². The minimum Gasteiger partial charge on any atom is -0.495 e. The zero-order chi connectivity index (χ0) is 20.9. The van der Waals surface area contributed by atoms with Crippen LogP contribution in [0.1, 0.15) is 11.1 Å². The SMILES string of the molecule is COc1ccc(NC(=O)/C=C/c2ccccc2C)cc1S(=O)(=O)N1CCOCC1. The van der Waals surface area contributed by atoms with Crippen LogP contribution in [0.5, 0.6) is 5.75 Å². The third-order valence-corrected chi connectivity index (χ3v) is 6.54. The van der Waals surface area contributed by atoms with Gasteiger partial charge in [-0.05, 0) is 42.3 Å². The van der Waals surface area contributed by atoms with Crippen molar-refractivity contribution in [3.63, 3.8) is 0 Å². The summed E-state index contributed by atoms with van der Waals surface area (Å²) in [5.41, 5.74) is 2.37. The monoisotopic (exact) mass is 416 g/mol. The Hall–Kier alpha value is -2.68. The van der Waals surface area contributed by atoms with Crippen LogP contribution in [-0.4, -0.2) is 52.0 Å². The molecule has 0 saturated carbocycles. The van der Waals surface area contributed by atoms with Gasteiger partial charge >= 0.3 is 0 Å². The van der Waals surface area contributed by atoms with E-state index in [1.54, 1.807) is 12.1 Å². The summed E-state index contributed by atoms with van der Waals surface area (Å²) in [5, 5.41) is 2.71. The molecule has 0 atom stereocenters. The van der Waals surface area contributed by atoms with Crippen LogP contribution >= 0.6 is 0 Å². The molecule has 1 saturated heterocycles. The van der Waals surface area contributed by atoms with Crippen molar-refractivity contribution in [1.29, 1.82) is 0 Å². The van der Waals surface area contributed by atoms with Gasteiger partial charge in [-0.1, -0.05) is 24.3 Å². The van der Waals surface area contributed by atoms with E-state index in [0.29, 0.717) is 18.9 Å². The smallest absolute Gasteiger partial charge is 0.248 e. The number of carbonyl (C=O) groups is 1. The van der Waals surface area contributed by atoms with E-state index in [4.69, 9.17) is 9.47 Å². The molecule has 2 aromatic rings. The number of sulfonamides is 1. The summed E-state index contributed by atoms with van der Waals surface area (Å²) in [5.74, 6) is -0.127. The molecule has 0 unspecified atom stereocenters. The second-order valence-electron chi connectivity index (χ2n) is 6.56. The van der Waals surface area contributed by atoms with E-state index in [1.807, 2.05) is 31.2 Å². The predicted octanol–water partition coefficient (Wildman–Crippen LogP) is 2.68. The Morgan fingerprint density at radius 2 is 1.90 bits per heavy atom. The Balaban J connectivity index is 1.81. The highest BCUT2D eigenvalue weighted by molar-refractivity contribution is 7.89. The van der Waals surface area contributed by atoms with E-state index in [0.717, 1.165) is 11.1 Å². The number of ether oxygens (including phenoxy) is 2. The van der Waals surface area contributed by atoms with Crippen molar-refractivity contribution in [2.24, 2.45) is 0 Å². The minimum absolute atomic E-state index is 0.0163. The summed E-state index contributed by atoms with van der Waals surface area (Å²) in [6.07, 6.45) is 3.14. The molecule has 1 heterocycles. The van der Waals surface area contributed by atoms with Gasteiger partial charge in [-0.3, -0.25) is 4.79 Å². The topological polar surface area (TPSA) is 84.9 Å². The van der Waals surface area contributed by atoms with Gasteiger partial charge in [0, 0.05) is 24.9 Å². The van der Waals surface area contributed by atoms with E-state index in [2.05, 4.69) is 5.32 Å². The van der Waals surface area contributed by atoms with Crippen molar-refractivity contribution in [2.75, 3.05) is 38.7 Å². The summed E-state index contributed by atoms with van der Waals surface area (Å²) in [4.78, 5) is 12.3. The largest absolute Gasteiger partial charge is 0.495 e. The van der Waals surface area contributed by atoms with Gasteiger partial charge in [0.1, 0.15) is 10.6 Å². The normalized spacial score (nSPS) is 15.4. The summed E-state index contributed by atoms with van der Waals surface area (Å²) >= 11 is 0. The molecule has 7 nitrogen and oxygen atoms in total. The number of aryl methyl sites for hydroxylation is 1. The number of hydrogen-bond donors (Lipinski definition) is 1. The highest BCUT2D eigenvalue weighted by Gasteiger charge is 2.29. The van der Waals surface area contributed by atoms with Crippen LogP contribution in [-0.2, 0) is 19.6 Å². The van der Waals surface area contributed by atoms with Crippen LogP contribution in [0.15, 0.2) is 53.4 Å². The summed E-state index contributed by atoms with van der Waals surface area (Å²) in [7, 11) is -2.35. The number of amides is 1. The fraction of sp³-hybridized carbons (Fsp3) is 0.286. The number of carbonyl (C=O) groups excluding carboxylic acids is 1. The predicted molar refractivity (Wildman–Crippen MR) is 111 cm³/mol. The van der Waals surface area contributed by atoms with Gasteiger partial charge in [0.2, 0.25) is 15.9 Å². The first kappa shape index (κ1) is 21.0. The molecule has 1 aliphatic heterocycles. The van der Waals surface area contributed by atoms with E-state index >= 15 is 0 Å². The van der Waals surface area contributed by atoms with Gasteiger partial charge in [0.05, 0.1) is 20.3 Å². The quantitative estimate of drug-likeness (QED) is 0.732. The van der Waals surface area contributed by atoms with E-state index in [-0.39, 0.29) is 29.6 Å². The van der Waals surface area contributed by atoms with Crippen LogP contribution in [0.3, 0.4) is 0 Å². The average molecular weight is 416 g/mol.